The van der Waals surface area contributed by atoms with Crippen molar-refractivity contribution in [3.05, 3.63) is 53.9 Å². The normalized spacial score (nSPS) is 11.9. The highest BCUT2D eigenvalue weighted by Gasteiger charge is 2.17. The highest BCUT2D eigenvalue weighted by atomic mass is 16.4. The number of nitrogens with one attached hydrogen (secondary N) is 1. The number of nitrogens with zero attached hydrogens (tertiary/aromatic N) is 2. The molecule has 1 aromatic heterocycles. The van der Waals surface area contributed by atoms with Gasteiger partial charge in [0.05, 0.1) is 17.8 Å². The van der Waals surface area contributed by atoms with Crippen molar-refractivity contribution in [2.24, 2.45) is 0 Å². The standard InChI is InChI=1S/C16H19N3O3/c1-2-19-11-13(10-17-19)16(22)18-14(8-9-15(20)21)12-6-4-3-5-7-12/h3-7,10-11,14H,2,8-9H2,1H3,(H,18,22)(H,20,21). The van der Waals surface area contributed by atoms with Crippen molar-refractivity contribution in [1.82, 2.24) is 15.1 Å². The maximum absolute atomic E-state index is 12.3. The van der Waals surface area contributed by atoms with E-state index in [9.17, 15) is 9.59 Å². The zero-order valence-electron chi connectivity index (χ0n) is 12.4. The van der Waals surface area contributed by atoms with Gasteiger partial charge in [-0.1, -0.05) is 30.3 Å². The van der Waals surface area contributed by atoms with E-state index in [1.807, 2.05) is 37.3 Å². The Morgan fingerprint density at radius 2 is 2.05 bits per heavy atom. The van der Waals surface area contributed by atoms with Crippen molar-refractivity contribution in [3.8, 4) is 0 Å². The first kappa shape index (κ1) is 15.8. The van der Waals surface area contributed by atoms with E-state index in [0.717, 1.165) is 5.56 Å². The number of carboxylic acids is 1. The van der Waals surface area contributed by atoms with E-state index in [2.05, 4.69) is 10.4 Å². The molecule has 0 saturated heterocycles. The minimum Gasteiger partial charge on any atom is -0.481 e. The molecular weight excluding hydrogens is 282 g/mol. The fourth-order valence-corrected chi connectivity index (χ4v) is 2.17. The SMILES string of the molecule is CCn1cc(C(=O)NC(CCC(=O)O)c2ccccc2)cn1. The van der Waals surface area contributed by atoms with Crippen LogP contribution in [-0.4, -0.2) is 26.8 Å². The molecule has 6 nitrogen and oxygen atoms in total. The summed E-state index contributed by atoms with van der Waals surface area (Å²) in [4.78, 5) is 23.1. The van der Waals surface area contributed by atoms with E-state index in [1.165, 1.54) is 6.20 Å². The topological polar surface area (TPSA) is 84.2 Å². The van der Waals surface area contributed by atoms with Crippen LogP contribution in [-0.2, 0) is 11.3 Å². The van der Waals surface area contributed by atoms with Crippen LogP contribution in [0.1, 0.15) is 41.7 Å². The van der Waals surface area contributed by atoms with E-state index in [1.54, 1.807) is 10.9 Å². The number of hydrogen-bond acceptors (Lipinski definition) is 3. The van der Waals surface area contributed by atoms with Crippen LogP contribution in [0.3, 0.4) is 0 Å². The Morgan fingerprint density at radius 3 is 2.64 bits per heavy atom. The second kappa shape index (κ2) is 7.40. The molecular formula is C16H19N3O3. The summed E-state index contributed by atoms with van der Waals surface area (Å²) in [7, 11) is 0. The summed E-state index contributed by atoms with van der Waals surface area (Å²) in [5, 5.41) is 15.8. The largest absolute Gasteiger partial charge is 0.481 e. The summed E-state index contributed by atoms with van der Waals surface area (Å²) < 4.78 is 1.67. The van der Waals surface area contributed by atoms with Gasteiger partial charge in [0.2, 0.25) is 0 Å². The number of aryl methyl sites for hydroxylation is 1. The zero-order valence-corrected chi connectivity index (χ0v) is 12.4. The Labute approximate surface area is 128 Å². The van der Waals surface area contributed by atoms with Crippen LogP contribution >= 0.6 is 0 Å². The Bertz CT molecular complexity index is 637. The van der Waals surface area contributed by atoms with Crippen molar-refractivity contribution in [2.75, 3.05) is 0 Å². The maximum Gasteiger partial charge on any atom is 0.303 e. The lowest BCUT2D eigenvalue weighted by molar-refractivity contribution is -0.137. The number of amides is 1. The summed E-state index contributed by atoms with van der Waals surface area (Å²) in [6.45, 7) is 2.63. The molecule has 1 amide bonds. The number of carbonyl (C=O) groups excluding carboxylic acids is 1. The molecule has 22 heavy (non-hydrogen) atoms. The summed E-state index contributed by atoms with van der Waals surface area (Å²) >= 11 is 0. The van der Waals surface area contributed by atoms with Crippen molar-refractivity contribution in [3.63, 3.8) is 0 Å². The second-order valence-electron chi connectivity index (χ2n) is 4.95. The lowest BCUT2D eigenvalue weighted by atomic mass is 10.0. The summed E-state index contributed by atoms with van der Waals surface area (Å²) in [5.74, 6) is -1.13. The van der Waals surface area contributed by atoms with Crippen LogP contribution in [0.25, 0.3) is 0 Å². The Kier molecular flexibility index (Phi) is 5.30. The van der Waals surface area contributed by atoms with Gasteiger partial charge in [-0.2, -0.15) is 5.10 Å². The van der Waals surface area contributed by atoms with Crippen LogP contribution in [0.5, 0.6) is 0 Å². The molecule has 0 radical (unpaired) electrons. The van der Waals surface area contributed by atoms with Crippen molar-refractivity contribution in [1.29, 1.82) is 0 Å². The van der Waals surface area contributed by atoms with Gasteiger partial charge in [-0.05, 0) is 18.9 Å². The number of hydrogen-bond donors (Lipinski definition) is 2. The van der Waals surface area contributed by atoms with E-state index < -0.39 is 5.97 Å². The zero-order chi connectivity index (χ0) is 15.9. The molecule has 1 unspecified atom stereocenters. The average molecular weight is 301 g/mol. The predicted octanol–water partition coefficient (Wildman–Crippen LogP) is 2.24. The van der Waals surface area contributed by atoms with E-state index in [4.69, 9.17) is 5.11 Å². The molecule has 0 bridgehead atoms. The number of carbonyl (C=O) groups is 2. The molecule has 1 aromatic carbocycles. The Morgan fingerprint density at radius 1 is 1.32 bits per heavy atom. The third-order valence-corrected chi connectivity index (χ3v) is 3.37. The molecule has 116 valence electrons. The van der Waals surface area contributed by atoms with Crippen LogP contribution in [0.2, 0.25) is 0 Å². The predicted molar refractivity (Wildman–Crippen MR) is 81.4 cm³/mol. The highest BCUT2D eigenvalue weighted by molar-refractivity contribution is 5.94. The first-order valence-electron chi connectivity index (χ1n) is 7.20. The van der Waals surface area contributed by atoms with Gasteiger partial charge in [-0.25, -0.2) is 0 Å². The van der Waals surface area contributed by atoms with Crippen molar-refractivity contribution >= 4 is 11.9 Å². The minimum absolute atomic E-state index is 0.00589. The summed E-state index contributed by atoms with van der Waals surface area (Å²) in [5.41, 5.74) is 1.36. The number of aliphatic carboxylic acids is 1. The number of aromatic nitrogens is 2. The van der Waals surface area contributed by atoms with Gasteiger partial charge in [0.15, 0.2) is 0 Å². The molecule has 2 rings (SSSR count). The molecule has 2 aromatic rings. The van der Waals surface area contributed by atoms with E-state index >= 15 is 0 Å². The molecule has 0 saturated carbocycles. The van der Waals surface area contributed by atoms with Crippen LogP contribution in [0, 0.1) is 0 Å². The van der Waals surface area contributed by atoms with Crippen molar-refractivity contribution in [2.45, 2.75) is 32.4 Å². The van der Waals surface area contributed by atoms with Gasteiger partial charge in [-0.15, -0.1) is 0 Å². The number of benzene rings is 1. The van der Waals surface area contributed by atoms with Gasteiger partial charge in [0, 0.05) is 19.2 Å². The van der Waals surface area contributed by atoms with Gasteiger partial charge >= 0.3 is 5.97 Å². The molecule has 0 fully saturated rings. The second-order valence-corrected chi connectivity index (χ2v) is 4.95. The summed E-state index contributed by atoms with van der Waals surface area (Å²) in [6, 6.07) is 9.03. The fraction of sp³-hybridized carbons (Fsp3) is 0.312. The van der Waals surface area contributed by atoms with E-state index in [-0.39, 0.29) is 18.4 Å². The first-order chi connectivity index (χ1) is 10.6. The van der Waals surface area contributed by atoms with E-state index in [0.29, 0.717) is 18.5 Å². The third-order valence-electron chi connectivity index (χ3n) is 3.37. The van der Waals surface area contributed by atoms with Crippen molar-refractivity contribution < 1.29 is 14.7 Å². The molecule has 0 aliphatic heterocycles. The fourth-order valence-electron chi connectivity index (χ4n) is 2.17. The summed E-state index contributed by atoms with van der Waals surface area (Å²) in [6.07, 6.45) is 3.52. The molecule has 1 atom stereocenters. The molecule has 0 spiro atoms. The lowest BCUT2D eigenvalue weighted by Crippen LogP contribution is -2.28. The van der Waals surface area contributed by atoms with Crippen LogP contribution < -0.4 is 5.32 Å². The van der Waals surface area contributed by atoms with Gasteiger partial charge in [0.25, 0.3) is 5.91 Å². The highest BCUT2D eigenvalue weighted by Crippen LogP contribution is 2.19. The minimum atomic E-state index is -0.881. The molecule has 1 heterocycles. The van der Waals surface area contributed by atoms with Crippen LogP contribution in [0.15, 0.2) is 42.7 Å². The molecule has 0 aliphatic rings. The monoisotopic (exact) mass is 301 g/mol. The lowest BCUT2D eigenvalue weighted by Gasteiger charge is -2.18. The van der Waals surface area contributed by atoms with Gasteiger partial charge in [-0.3, -0.25) is 14.3 Å². The average Bonchev–Trinajstić information content (AvgIpc) is 3.01. The number of carboxylic acid groups (broad SMARTS) is 1. The molecule has 6 heteroatoms. The third kappa shape index (κ3) is 4.18. The van der Waals surface area contributed by atoms with Gasteiger partial charge in [0.1, 0.15) is 0 Å². The molecule has 0 aliphatic carbocycles. The van der Waals surface area contributed by atoms with Crippen LogP contribution in [0.4, 0.5) is 0 Å². The Balaban J connectivity index is 2.11. The quantitative estimate of drug-likeness (QED) is 0.821. The smallest absolute Gasteiger partial charge is 0.303 e. The maximum atomic E-state index is 12.3. The Hall–Kier alpha value is -2.63. The molecule has 2 N–H and O–H groups in total. The number of rotatable bonds is 7. The van der Waals surface area contributed by atoms with Gasteiger partial charge < -0.3 is 10.4 Å². The first-order valence-corrected chi connectivity index (χ1v) is 7.20.